The number of ether oxygens (including phenoxy) is 3. The Morgan fingerprint density at radius 2 is 2.08 bits per heavy atom. The van der Waals surface area contributed by atoms with Crippen LogP contribution in [0.5, 0.6) is 11.5 Å². The SMILES string of the molecule is COc1cc(C2C(C#N)=C(N)OC3=C2C(=O)CCC3)ccc1OCC(=O)Nc1cccc([N+](=O)[O-])c1. The largest absolute Gasteiger partial charge is 0.493 e. The average molecular weight is 490 g/mol. The van der Waals surface area contributed by atoms with Crippen LogP contribution < -0.4 is 20.5 Å². The zero-order chi connectivity index (χ0) is 25.8. The number of anilines is 1. The summed E-state index contributed by atoms with van der Waals surface area (Å²) >= 11 is 0. The average Bonchev–Trinajstić information content (AvgIpc) is 2.87. The highest BCUT2D eigenvalue weighted by molar-refractivity contribution is 5.99. The highest BCUT2D eigenvalue weighted by Crippen LogP contribution is 2.45. The fraction of sp³-hybridized carbons (Fsp3) is 0.240. The van der Waals surface area contributed by atoms with Crippen LogP contribution in [0.2, 0.25) is 0 Å². The highest BCUT2D eigenvalue weighted by atomic mass is 16.6. The Kier molecular flexibility index (Phi) is 6.87. The van der Waals surface area contributed by atoms with Crippen LogP contribution in [-0.4, -0.2) is 30.3 Å². The van der Waals surface area contributed by atoms with Gasteiger partial charge in [-0.3, -0.25) is 19.7 Å². The molecule has 1 heterocycles. The number of non-ortho nitro benzene ring substituents is 1. The van der Waals surface area contributed by atoms with Crippen molar-refractivity contribution in [3.05, 3.63) is 80.9 Å². The first-order valence-corrected chi connectivity index (χ1v) is 11.0. The lowest BCUT2D eigenvalue weighted by Crippen LogP contribution is -2.27. The van der Waals surface area contributed by atoms with E-state index in [0.717, 1.165) is 0 Å². The van der Waals surface area contributed by atoms with Crippen molar-refractivity contribution >= 4 is 23.1 Å². The van der Waals surface area contributed by atoms with Crippen molar-refractivity contribution in [2.24, 2.45) is 5.73 Å². The normalized spacial score (nSPS) is 17.0. The van der Waals surface area contributed by atoms with Crippen LogP contribution in [0.15, 0.2) is 65.3 Å². The van der Waals surface area contributed by atoms with Gasteiger partial charge in [-0.15, -0.1) is 0 Å². The summed E-state index contributed by atoms with van der Waals surface area (Å²) in [6.45, 7) is -0.389. The van der Waals surface area contributed by atoms with E-state index in [2.05, 4.69) is 11.4 Å². The smallest absolute Gasteiger partial charge is 0.271 e. The van der Waals surface area contributed by atoms with E-state index in [9.17, 15) is 25.0 Å². The van der Waals surface area contributed by atoms with Crippen LogP contribution in [0.3, 0.4) is 0 Å². The number of carbonyl (C=O) groups is 2. The Morgan fingerprint density at radius 1 is 1.28 bits per heavy atom. The van der Waals surface area contributed by atoms with Crippen LogP contribution in [0.25, 0.3) is 0 Å². The highest BCUT2D eigenvalue weighted by Gasteiger charge is 2.38. The summed E-state index contributed by atoms with van der Waals surface area (Å²) in [6, 6.07) is 12.5. The second-order valence-corrected chi connectivity index (χ2v) is 8.09. The van der Waals surface area contributed by atoms with E-state index in [-0.39, 0.29) is 46.7 Å². The maximum atomic E-state index is 12.7. The Balaban J connectivity index is 1.54. The number of nitro benzene ring substituents is 1. The molecule has 1 aliphatic carbocycles. The van der Waals surface area contributed by atoms with E-state index in [1.165, 1.54) is 31.4 Å². The van der Waals surface area contributed by atoms with Gasteiger partial charge in [-0.25, -0.2) is 0 Å². The minimum absolute atomic E-state index is 0.0342. The number of methoxy groups -OCH3 is 1. The van der Waals surface area contributed by atoms with Gasteiger partial charge < -0.3 is 25.3 Å². The van der Waals surface area contributed by atoms with Crippen LogP contribution in [0, 0.1) is 21.4 Å². The zero-order valence-electron chi connectivity index (χ0n) is 19.3. The number of nitrogens with two attached hydrogens (primary N) is 1. The molecule has 11 heteroatoms. The fourth-order valence-electron chi connectivity index (χ4n) is 4.21. The maximum absolute atomic E-state index is 12.7. The van der Waals surface area contributed by atoms with Gasteiger partial charge in [-0.1, -0.05) is 12.1 Å². The summed E-state index contributed by atoms with van der Waals surface area (Å²) < 4.78 is 16.6. The Labute approximate surface area is 205 Å². The number of nitrogens with zero attached hydrogens (tertiary/aromatic N) is 2. The number of hydrogen-bond donors (Lipinski definition) is 2. The molecule has 0 aromatic heterocycles. The molecule has 3 N–H and O–H groups in total. The summed E-state index contributed by atoms with van der Waals surface area (Å²) in [5.74, 6) is -0.357. The minimum Gasteiger partial charge on any atom is -0.493 e. The van der Waals surface area contributed by atoms with Crippen LogP contribution in [-0.2, 0) is 14.3 Å². The number of nitriles is 1. The van der Waals surface area contributed by atoms with E-state index in [1.807, 2.05) is 0 Å². The number of allylic oxidation sites excluding steroid dienone is 3. The molecule has 1 aliphatic heterocycles. The molecule has 1 atom stereocenters. The van der Waals surface area contributed by atoms with Gasteiger partial charge >= 0.3 is 0 Å². The van der Waals surface area contributed by atoms with Gasteiger partial charge in [0.25, 0.3) is 11.6 Å². The second kappa shape index (κ2) is 10.2. The molecule has 2 aliphatic rings. The quantitative estimate of drug-likeness (QED) is 0.436. The van der Waals surface area contributed by atoms with Crippen molar-refractivity contribution in [1.29, 1.82) is 5.26 Å². The van der Waals surface area contributed by atoms with Crippen LogP contribution >= 0.6 is 0 Å². The standard InChI is InChI=1S/C25H22N4O7/c1-34-21-10-14(23-17(12-26)25(27)36-20-7-3-6-18(30)24(20)23)8-9-19(21)35-13-22(31)28-15-4-2-5-16(11-15)29(32)33/h2,4-5,8-11,23H,3,6-7,13,27H2,1H3,(H,28,31). The van der Waals surface area contributed by atoms with Crippen molar-refractivity contribution in [2.45, 2.75) is 25.2 Å². The predicted molar refractivity (Wildman–Crippen MR) is 127 cm³/mol. The summed E-state index contributed by atoms with van der Waals surface area (Å²) in [7, 11) is 1.42. The molecule has 36 heavy (non-hydrogen) atoms. The first kappa shape index (κ1) is 24.3. The molecule has 1 unspecified atom stereocenters. The molecule has 0 bridgehead atoms. The molecule has 0 fully saturated rings. The third-order valence-corrected chi connectivity index (χ3v) is 5.83. The number of rotatable bonds is 7. The molecule has 11 nitrogen and oxygen atoms in total. The molecule has 0 saturated heterocycles. The lowest BCUT2D eigenvalue weighted by molar-refractivity contribution is -0.384. The predicted octanol–water partition coefficient (Wildman–Crippen LogP) is 3.44. The van der Waals surface area contributed by atoms with E-state index < -0.39 is 16.7 Å². The van der Waals surface area contributed by atoms with Crippen LogP contribution in [0.1, 0.15) is 30.7 Å². The van der Waals surface area contributed by atoms with Gasteiger partial charge in [0.05, 0.1) is 18.0 Å². The number of carbonyl (C=O) groups excluding carboxylic acids is 2. The molecular weight excluding hydrogens is 468 g/mol. The lowest BCUT2D eigenvalue weighted by Gasteiger charge is -2.31. The first-order valence-electron chi connectivity index (χ1n) is 11.0. The third kappa shape index (κ3) is 4.83. The number of amides is 1. The van der Waals surface area contributed by atoms with Crippen molar-refractivity contribution in [2.75, 3.05) is 19.0 Å². The molecule has 0 spiro atoms. The summed E-state index contributed by atoms with van der Waals surface area (Å²) in [6.07, 6.45) is 1.55. The number of nitro groups is 1. The summed E-state index contributed by atoms with van der Waals surface area (Å²) in [4.78, 5) is 35.4. The first-order chi connectivity index (χ1) is 17.3. The molecule has 2 aromatic carbocycles. The molecule has 2 aromatic rings. The Morgan fingerprint density at radius 3 is 2.81 bits per heavy atom. The van der Waals surface area contributed by atoms with Gasteiger partial charge in [0.1, 0.15) is 17.4 Å². The summed E-state index contributed by atoms with van der Waals surface area (Å²) in [5.41, 5.74) is 7.24. The number of benzene rings is 2. The van der Waals surface area contributed by atoms with E-state index in [0.29, 0.717) is 36.2 Å². The van der Waals surface area contributed by atoms with Crippen molar-refractivity contribution in [3.63, 3.8) is 0 Å². The summed E-state index contributed by atoms with van der Waals surface area (Å²) in [5, 5.41) is 23.2. The fourth-order valence-corrected chi connectivity index (χ4v) is 4.21. The zero-order valence-corrected chi connectivity index (χ0v) is 19.3. The third-order valence-electron chi connectivity index (χ3n) is 5.83. The topological polar surface area (TPSA) is 167 Å². The van der Waals surface area contributed by atoms with Crippen LogP contribution in [0.4, 0.5) is 11.4 Å². The van der Waals surface area contributed by atoms with Gasteiger partial charge in [-0.05, 0) is 30.2 Å². The van der Waals surface area contributed by atoms with Crippen molar-refractivity contribution < 1.29 is 28.7 Å². The number of nitrogens with one attached hydrogen (secondary N) is 1. The molecule has 184 valence electrons. The van der Waals surface area contributed by atoms with Gasteiger partial charge in [0.15, 0.2) is 23.9 Å². The Bertz CT molecular complexity index is 1360. The Hall–Kier alpha value is -4.85. The van der Waals surface area contributed by atoms with Gasteiger partial charge in [0.2, 0.25) is 5.88 Å². The number of ketones is 1. The molecule has 0 saturated carbocycles. The molecule has 0 radical (unpaired) electrons. The van der Waals surface area contributed by atoms with E-state index >= 15 is 0 Å². The molecule has 1 amide bonds. The van der Waals surface area contributed by atoms with Crippen molar-refractivity contribution in [3.8, 4) is 17.6 Å². The molecular formula is C25H22N4O7. The minimum atomic E-state index is -0.702. The van der Waals surface area contributed by atoms with Crippen molar-refractivity contribution in [1.82, 2.24) is 0 Å². The van der Waals surface area contributed by atoms with E-state index in [4.69, 9.17) is 19.9 Å². The number of hydrogen-bond acceptors (Lipinski definition) is 9. The number of Topliss-reactive ketones (excluding diaryl/α,β-unsaturated/α-hetero) is 1. The van der Waals surface area contributed by atoms with Gasteiger partial charge in [0, 0.05) is 36.2 Å². The monoisotopic (exact) mass is 490 g/mol. The van der Waals surface area contributed by atoms with E-state index in [1.54, 1.807) is 18.2 Å². The second-order valence-electron chi connectivity index (χ2n) is 8.09. The maximum Gasteiger partial charge on any atom is 0.271 e. The lowest BCUT2D eigenvalue weighted by atomic mass is 9.77. The van der Waals surface area contributed by atoms with Gasteiger partial charge in [-0.2, -0.15) is 5.26 Å². The molecule has 4 rings (SSSR count).